The van der Waals surface area contributed by atoms with Gasteiger partial charge in [0.25, 0.3) is 0 Å². The van der Waals surface area contributed by atoms with E-state index < -0.39 is 10.4 Å². The summed E-state index contributed by atoms with van der Waals surface area (Å²) in [6.45, 7) is 0.903. The molecule has 0 saturated carbocycles. The first kappa shape index (κ1) is 25.7. The molecule has 0 amide bonds. The van der Waals surface area contributed by atoms with Gasteiger partial charge in [-0.15, -0.1) is 0 Å². The van der Waals surface area contributed by atoms with E-state index in [4.69, 9.17) is 4.74 Å². The molecule has 0 atom stereocenters. The SMILES string of the molecule is COCCCCCCCCCCCCCCOS(=O)(=O)[O-].[K+]. The predicted octanol–water partition coefficient (Wildman–Crippen LogP) is 0.795. The molecule has 0 fully saturated rings. The third-order valence-corrected chi connectivity index (χ3v) is 3.93. The number of unbranched alkanes of at least 4 members (excludes halogenated alkanes) is 11. The van der Waals surface area contributed by atoms with Crippen molar-refractivity contribution in [1.29, 1.82) is 0 Å². The minimum absolute atomic E-state index is 0. The molecule has 0 radical (unpaired) electrons. The van der Waals surface area contributed by atoms with Crippen molar-refractivity contribution in [2.24, 2.45) is 0 Å². The van der Waals surface area contributed by atoms with E-state index in [9.17, 15) is 13.0 Å². The topological polar surface area (TPSA) is 75.7 Å². The summed E-state index contributed by atoms with van der Waals surface area (Å²) in [5.41, 5.74) is 0. The normalized spacial score (nSPS) is 11.4. The second kappa shape index (κ2) is 18.8. The fourth-order valence-corrected chi connectivity index (χ4v) is 2.60. The van der Waals surface area contributed by atoms with E-state index in [-0.39, 0.29) is 58.0 Å². The van der Waals surface area contributed by atoms with Crippen LogP contribution in [0.25, 0.3) is 0 Å². The molecule has 0 aliphatic heterocycles. The van der Waals surface area contributed by atoms with Crippen LogP contribution in [0.1, 0.15) is 77.0 Å². The summed E-state index contributed by atoms with van der Waals surface area (Å²) >= 11 is 0. The van der Waals surface area contributed by atoms with Crippen LogP contribution in [0.3, 0.4) is 0 Å². The van der Waals surface area contributed by atoms with Crippen LogP contribution in [-0.4, -0.2) is 33.3 Å². The van der Waals surface area contributed by atoms with Gasteiger partial charge in [0.2, 0.25) is 10.4 Å². The Hall–Kier alpha value is 1.47. The van der Waals surface area contributed by atoms with Crippen molar-refractivity contribution in [1.82, 2.24) is 0 Å². The zero-order valence-electron chi connectivity index (χ0n) is 14.3. The summed E-state index contributed by atoms with van der Waals surface area (Å²) in [4.78, 5) is 0. The van der Waals surface area contributed by atoms with Gasteiger partial charge in [-0.05, 0) is 12.8 Å². The van der Waals surface area contributed by atoms with Crippen LogP contribution in [0.5, 0.6) is 0 Å². The average molecular weight is 363 g/mol. The largest absolute Gasteiger partial charge is 1.00 e. The third kappa shape index (κ3) is 23.7. The van der Waals surface area contributed by atoms with Crippen molar-refractivity contribution in [3.63, 3.8) is 0 Å². The summed E-state index contributed by atoms with van der Waals surface area (Å²) in [6.07, 6.45) is 14.1. The number of methoxy groups -OCH3 is 1. The smallest absolute Gasteiger partial charge is 0.726 e. The molecule has 0 bridgehead atoms. The summed E-state index contributed by atoms with van der Waals surface area (Å²) in [7, 11) is -2.75. The fraction of sp³-hybridized carbons (Fsp3) is 1.00. The molecule has 22 heavy (non-hydrogen) atoms. The van der Waals surface area contributed by atoms with Gasteiger partial charge in [0.05, 0.1) is 6.61 Å². The van der Waals surface area contributed by atoms with E-state index in [1.165, 1.54) is 57.8 Å². The van der Waals surface area contributed by atoms with Gasteiger partial charge < -0.3 is 9.29 Å². The maximum atomic E-state index is 10.2. The first-order valence-electron chi connectivity index (χ1n) is 8.15. The van der Waals surface area contributed by atoms with Crippen molar-refractivity contribution in [3.05, 3.63) is 0 Å². The van der Waals surface area contributed by atoms with E-state index >= 15 is 0 Å². The quantitative estimate of drug-likeness (QED) is 0.176. The van der Waals surface area contributed by atoms with Crippen molar-refractivity contribution in [3.8, 4) is 0 Å². The molecule has 128 valence electrons. The maximum absolute atomic E-state index is 10.2. The Morgan fingerprint density at radius 2 is 1.00 bits per heavy atom. The van der Waals surface area contributed by atoms with E-state index in [0.717, 1.165) is 19.4 Å². The van der Waals surface area contributed by atoms with Gasteiger partial charge in [-0.2, -0.15) is 0 Å². The van der Waals surface area contributed by atoms with Crippen LogP contribution >= 0.6 is 0 Å². The molecule has 0 aliphatic rings. The predicted molar refractivity (Wildman–Crippen MR) is 82.9 cm³/mol. The van der Waals surface area contributed by atoms with E-state index in [1.807, 2.05) is 0 Å². The first-order valence-corrected chi connectivity index (χ1v) is 9.49. The van der Waals surface area contributed by atoms with Crippen LogP contribution < -0.4 is 51.4 Å². The molecule has 0 rings (SSSR count). The zero-order valence-corrected chi connectivity index (χ0v) is 18.3. The van der Waals surface area contributed by atoms with Gasteiger partial charge in [0.1, 0.15) is 0 Å². The van der Waals surface area contributed by atoms with Gasteiger partial charge >= 0.3 is 51.4 Å². The minimum Gasteiger partial charge on any atom is -0.726 e. The molecule has 0 N–H and O–H groups in total. The van der Waals surface area contributed by atoms with Gasteiger partial charge in [0, 0.05) is 13.7 Å². The standard InChI is InChI=1S/C15H32O5S.K/c1-19-14-12-10-8-6-4-2-3-5-7-9-11-13-15-20-21(16,17)18;/h2-15H2,1H3,(H,16,17,18);/q;+1/p-1. The number of rotatable bonds is 16. The number of ether oxygens (including phenoxy) is 1. The molecular weight excluding hydrogens is 331 g/mol. The molecule has 0 spiro atoms. The van der Waals surface area contributed by atoms with Gasteiger partial charge in [0.15, 0.2) is 0 Å². The molecule has 0 heterocycles. The third-order valence-electron chi connectivity index (χ3n) is 3.47. The maximum Gasteiger partial charge on any atom is 1.00 e. The molecule has 0 saturated heterocycles. The van der Waals surface area contributed by atoms with Crippen LogP contribution in [0.15, 0.2) is 0 Å². The second-order valence-electron chi connectivity index (χ2n) is 5.47. The molecule has 0 aromatic carbocycles. The monoisotopic (exact) mass is 362 g/mol. The number of hydrogen-bond donors (Lipinski definition) is 0. The molecule has 0 aromatic rings. The molecule has 0 unspecified atom stereocenters. The fourth-order valence-electron chi connectivity index (χ4n) is 2.28. The van der Waals surface area contributed by atoms with Crippen molar-refractivity contribution < 1.29 is 73.3 Å². The summed E-state index contributed by atoms with van der Waals surface area (Å²) in [5, 5.41) is 0. The van der Waals surface area contributed by atoms with E-state index in [2.05, 4.69) is 4.18 Å². The Bertz CT molecular complexity index is 309. The van der Waals surface area contributed by atoms with Gasteiger partial charge in [-0.3, -0.25) is 4.18 Å². The molecular formula is C15H31KO5S. The Labute approximate surface area is 179 Å². The summed E-state index contributed by atoms with van der Waals surface area (Å²) in [5.74, 6) is 0. The number of hydrogen-bond acceptors (Lipinski definition) is 5. The summed E-state index contributed by atoms with van der Waals surface area (Å²) in [6, 6.07) is 0. The van der Waals surface area contributed by atoms with Crippen molar-refractivity contribution in [2.45, 2.75) is 77.0 Å². The average Bonchev–Trinajstić information content (AvgIpc) is 2.42. The van der Waals surface area contributed by atoms with E-state index in [1.54, 1.807) is 7.11 Å². The van der Waals surface area contributed by atoms with Crippen LogP contribution in [0.2, 0.25) is 0 Å². The molecule has 0 aliphatic carbocycles. The van der Waals surface area contributed by atoms with E-state index in [0.29, 0.717) is 6.42 Å². The van der Waals surface area contributed by atoms with Crippen LogP contribution in [-0.2, 0) is 19.3 Å². The van der Waals surface area contributed by atoms with Gasteiger partial charge in [-0.1, -0.05) is 64.2 Å². The van der Waals surface area contributed by atoms with Crippen LogP contribution in [0.4, 0.5) is 0 Å². The van der Waals surface area contributed by atoms with Crippen LogP contribution in [0, 0.1) is 0 Å². The van der Waals surface area contributed by atoms with Gasteiger partial charge in [-0.25, -0.2) is 8.42 Å². The Morgan fingerprint density at radius 3 is 1.32 bits per heavy atom. The summed E-state index contributed by atoms with van der Waals surface area (Å²) < 4.78 is 39.7. The molecule has 0 aromatic heterocycles. The minimum atomic E-state index is -4.50. The van der Waals surface area contributed by atoms with Crippen molar-refractivity contribution >= 4 is 10.4 Å². The Balaban J connectivity index is 0. The second-order valence-corrected chi connectivity index (χ2v) is 6.52. The molecule has 5 nitrogen and oxygen atoms in total. The Morgan fingerprint density at radius 1 is 0.682 bits per heavy atom. The Kier molecular flexibility index (Phi) is 22.0. The van der Waals surface area contributed by atoms with Crippen molar-refractivity contribution in [2.75, 3.05) is 20.3 Å². The zero-order chi connectivity index (χ0) is 15.8. The first-order chi connectivity index (χ1) is 10.1. The molecule has 7 heteroatoms.